The molecule has 0 radical (unpaired) electrons. The van der Waals surface area contributed by atoms with Crippen molar-refractivity contribution in [2.45, 2.75) is 19.6 Å². The van der Waals surface area contributed by atoms with Crippen molar-refractivity contribution in [1.82, 2.24) is 5.32 Å². The van der Waals surface area contributed by atoms with Gasteiger partial charge >= 0.3 is 0 Å². The molecule has 1 unspecified atom stereocenters. The highest BCUT2D eigenvalue weighted by molar-refractivity contribution is 7.84. The van der Waals surface area contributed by atoms with Crippen molar-refractivity contribution < 1.29 is 8.95 Å². The van der Waals surface area contributed by atoms with Crippen LogP contribution in [0.25, 0.3) is 0 Å². The van der Waals surface area contributed by atoms with E-state index in [4.69, 9.17) is 4.74 Å². The predicted molar refractivity (Wildman–Crippen MR) is 72.4 cm³/mol. The van der Waals surface area contributed by atoms with Crippen LogP contribution in [0, 0.1) is 0 Å². The maximum Gasteiger partial charge on any atom is 0.0716 e. The molecule has 96 valence electrons. The van der Waals surface area contributed by atoms with E-state index in [0.29, 0.717) is 6.61 Å². The third kappa shape index (κ3) is 5.96. The zero-order valence-electron chi connectivity index (χ0n) is 10.6. The molecule has 0 aromatic heterocycles. The highest BCUT2D eigenvalue weighted by atomic mass is 32.2. The van der Waals surface area contributed by atoms with Gasteiger partial charge < -0.3 is 10.1 Å². The van der Waals surface area contributed by atoms with Gasteiger partial charge in [0.25, 0.3) is 0 Å². The van der Waals surface area contributed by atoms with Crippen LogP contribution in [0.1, 0.15) is 17.5 Å². The van der Waals surface area contributed by atoms with E-state index in [1.54, 1.807) is 13.4 Å². The van der Waals surface area contributed by atoms with Gasteiger partial charge in [0.1, 0.15) is 0 Å². The fraction of sp³-hybridized carbons (Fsp3) is 0.538. The smallest absolute Gasteiger partial charge is 0.0716 e. The van der Waals surface area contributed by atoms with Crippen molar-refractivity contribution >= 4 is 10.8 Å². The third-order valence-corrected chi connectivity index (χ3v) is 3.38. The van der Waals surface area contributed by atoms with Gasteiger partial charge in [-0.3, -0.25) is 4.21 Å². The Morgan fingerprint density at radius 2 is 2.00 bits per heavy atom. The van der Waals surface area contributed by atoms with E-state index < -0.39 is 10.8 Å². The van der Waals surface area contributed by atoms with E-state index in [0.717, 1.165) is 25.3 Å². The monoisotopic (exact) mass is 255 g/mol. The molecule has 1 aromatic carbocycles. The van der Waals surface area contributed by atoms with E-state index in [1.807, 2.05) is 12.1 Å². The predicted octanol–water partition coefficient (Wildman–Crippen LogP) is 1.69. The number of hydrogen-bond donors (Lipinski definition) is 1. The number of hydrogen-bond acceptors (Lipinski definition) is 3. The van der Waals surface area contributed by atoms with Gasteiger partial charge in [-0.15, -0.1) is 0 Å². The lowest BCUT2D eigenvalue weighted by Gasteiger charge is -2.09. The molecule has 17 heavy (non-hydrogen) atoms. The second kappa shape index (κ2) is 8.39. The Kier molecular flexibility index (Phi) is 7.08. The summed E-state index contributed by atoms with van der Waals surface area (Å²) in [4.78, 5) is 0. The van der Waals surface area contributed by atoms with Crippen molar-refractivity contribution in [3.8, 4) is 0 Å². The van der Waals surface area contributed by atoms with Crippen LogP contribution in [-0.2, 0) is 28.7 Å². The summed E-state index contributed by atoms with van der Waals surface area (Å²) in [6, 6.07) is 8.26. The maximum absolute atomic E-state index is 10.9. The molecule has 0 bridgehead atoms. The molecule has 0 aliphatic rings. The van der Waals surface area contributed by atoms with Crippen molar-refractivity contribution in [2.75, 3.05) is 25.7 Å². The van der Waals surface area contributed by atoms with E-state index in [9.17, 15) is 4.21 Å². The van der Waals surface area contributed by atoms with Crippen LogP contribution in [0.5, 0.6) is 0 Å². The first kappa shape index (κ1) is 14.4. The molecule has 1 rings (SSSR count). The van der Waals surface area contributed by atoms with Gasteiger partial charge in [0, 0.05) is 36.5 Å². The maximum atomic E-state index is 10.9. The van der Waals surface area contributed by atoms with Crippen LogP contribution >= 0.6 is 0 Å². The summed E-state index contributed by atoms with van der Waals surface area (Å²) in [6.07, 6.45) is 2.70. The second-order valence-corrected chi connectivity index (χ2v) is 5.56. The van der Waals surface area contributed by atoms with Gasteiger partial charge in [-0.2, -0.15) is 0 Å². The summed E-state index contributed by atoms with van der Waals surface area (Å²) in [5.74, 6) is 0.771. The molecule has 0 fully saturated rings. The van der Waals surface area contributed by atoms with Gasteiger partial charge in [-0.05, 0) is 24.1 Å². The summed E-state index contributed by atoms with van der Waals surface area (Å²) in [6.45, 7) is 2.40. The number of ether oxygens (including phenoxy) is 1. The SMILES string of the molecule is COCc1ccccc1CNCCCS(C)=O. The molecule has 0 spiro atoms. The molecule has 0 heterocycles. The quantitative estimate of drug-likeness (QED) is 0.718. The van der Waals surface area contributed by atoms with E-state index >= 15 is 0 Å². The minimum absolute atomic E-state index is 0.650. The van der Waals surface area contributed by atoms with Crippen molar-refractivity contribution in [1.29, 1.82) is 0 Å². The van der Waals surface area contributed by atoms with Gasteiger partial charge in [-0.25, -0.2) is 0 Å². The molecule has 4 heteroatoms. The number of rotatable bonds is 8. The number of nitrogens with one attached hydrogen (secondary N) is 1. The fourth-order valence-electron chi connectivity index (χ4n) is 1.65. The van der Waals surface area contributed by atoms with Crippen molar-refractivity contribution in [3.05, 3.63) is 35.4 Å². The van der Waals surface area contributed by atoms with E-state index in [1.165, 1.54) is 11.1 Å². The summed E-state index contributed by atoms with van der Waals surface area (Å²) in [7, 11) is 1.03. The Labute approximate surface area is 106 Å². The largest absolute Gasteiger partial charge is 0.380 e. The van der Waals surface area contributed by atoms with Gasteiger partial charge in [0.15, 0.2) is 0 Å². The summed E-state index contributed by atoms with van der Waals surface area (Å²) >= 11 is 0. The normalized spacial score (nSPS) is 12.6. The average Bonchev–Trinajstić information content (AvgIpc) is 2.31. The molecule has 0 aliphatic carbocycles. The minimum atomic E-state index is -0.681. The van der Waals surface area contributed by atoms with Crippen molar-refractivity contribution in [3.63, 3.8) is 0 Å². The van der Waals surface area contributed by atoms with Gasteiger partial charge in [0.2, 0.25) is 0 Å². The van der Waals surface area contributed by atoms with E-state index in [2.05, 4.69) is 17.4 Å². The first-order valence-electron chi connectivity index (χ1n) is 5.80. The van der Waals surface area contributed by atoms with Crippen molar-refractivity contribution in [2.24, 2.45) is 0 Å². The Morgan fingerprint density at radius 1 is 1.29 bits per heavy atom. The number of methoxy groups -OCH3 is 1. The highest BCUT2D eigenvalue weighted by Gasteiger charge is 2.00. The zero-order chi connectivity index (χ0) is 12.5. The topological polar surface area (TPSA) is 38.3 Å². The molecule has 3 nitrogen and oxygen atoms in total. The van der Waals surface area contributed by atoms with Crippen LogP contribution in [0.3, 0.4) is 0 Å². The Bertz CT molecular complexity index is 355. The van der Waals surface area contributed by atoms with Gasteiger partial charge in [0.05, 0.1) is 6.61 Å². The number of benzene rings is 1. The first-order chi connectivity index (χ1) is 8.24. The third-order valence-electron chi connectivity index (χ3n) is 2.52. The van der Waals surface area contributed by atoms with Crippen LogP contribution < -0.4 is 5.32 Å². The molecule has 0 saturated heterocycles. The summed E-state index contributed by atoms with van der Waals surface area (Å²) < 4.78 is 16.0. The fourth-order valence-corrected chi connectivity index (χ4v) is 2.20. The standard InChI is InChI=1S/C13H21NO2S/c1-16-11-13-7-4-3-6-12(13)10-14-8-5-9-17(2)15/h3-4,6-7,14H,5,8-11H2,1-2H3. The minimum Gasteiger partial charge on any atom is -0.380 e. The molecule has 0 aliphatic heterocycles. The van der Waals surface area contributed by atoms with Crippen LogP contribution in [-0.4, -0.2) is 29.9 Å². The lowest BCUT2D eigenvalue weighted by atomic mass is 10.1. The zero-order valence-corrected chi connectivity index (χ0v) is 11.4. The van der Waals surface area contributed by atoms with Crippen LogP contribution in [0.15, 0.2) is 24.3 Å². The Hall–Kier alpha value is -0.710. The first-order valence-corrected chi connectivity index (χ1v) is 7.53. The highest BCUT2D eigenvalue weighted by Crippen LogP contribution is 2.09. The van der Waals surface area contributed by atoms with E-state index in [-0.39, 0.29) is 0 Å². The molecule has 1 N–H and O–H groups in total. The lowest BCUT2D eigenvalue weighted by molar-refractivity contribution is 0.184. The summed E-state index contributed by atoms with van der Waals surface area (Å²) in [5, 5.41) is 3.37. The van der Waals surface area contributed by atoms with Crippen LogP contribution in [0.4, 0.5) is 0 Å². The molecular weight excluding hydrogens is 234 g/mol. The molecule has 0 saturated carbocycles. The second-order valence-electron chi connectivity index (χ2n) is 4.01. The average molecular weight is 255 g/mol. The lowest BCUT2D eigenvalue weighted by Crippen LogP contribution is -2.17. The molecule has 1 atom stereocenters. The molecular formula is C13H21NO2S. The van der Waals surface area contributed by atoms with Crippen LogP contribution in [0.2, 0.25) is 0 Å². The molecule has 0 amide bonds. The van der Waals surface area contributed by atoms with Gasteiger partial charge in [-0.1, -0.05) is 24.3 Å². The Morgan fingerprint density at radius 3 is 2.65 bits per heavy atom. The summed E-state index contributed by atoms with van der Waals surface area (Å²) in [5.41, 5.74) is 2.49. The Balaban J connectivity index is 2.33. The molecule has 1 aromatic rings.